The normalized spacial score (nSPS) is 16.7. The van der Waals surface area contributed by atoms with E-state index in [1.54, 1.807) is 30.3 Å². The third kappa shape index (κ3) is 9.26. The number of benzene rings is 4. The Kier molecular flexibility index (Phi) is 12.2. The largest absolute Gasteiger partial charge is 0.465 e. The van der Waals surface area contributed by atoms with Gasteiger partial charge in [0, 0.05) is 18.2 Å². The Labute approximate surface area is 291 Å². The first-order valence-corrected chi connectivity index (χ1v) is 17.6. The maximum Gasteiger partial charge on any atom is 0.407 e. The van der Waals surface area contributed by atoms with Crippen LogP contribution >= 0.6 is 0 Å². The Bertz CT molecular complexity index is 1810. The number of methoxy groups -OCH3 is 1. The molecule has 4 aromatic rings. The van der Waals surface area contributed by atoms with E-state index in [2.05, 4.69) is 15.4 Å². The number of ether oxygens (including phenoxy) is 2. The highest BCUT2D eigenvalue weighted by molar-refractivity contribution is 7.89. The van der Waals surface area contributed by atoms with Gasteiger partial charge in [-0.1, -0.05) is 97.1 Å². The summed E-state index contributed by atoms with van der Waals surface area (Å²) in [7, 11) is -2.59. The molecular weight excluding hydrogens is 660 g/mol. The maximum absolute atomic E-state index is 14.1. The number of alkyl carbamates (subject to hydrolysis) is 1. The molecule has 50 heavy (non-hydrogen) atoms. The zero-order valence-corrected chi connectivity index (χ0v) is 28.3. The molecule has 262 valence electrons. The Balaban J connectivity index is 1.27. The fourth-order valence-corrected chi connectivity index (χ4v) is 7.09. The first-order valence-electron chi connectivity index (χ1n) is 16.1. The van der Waals surface area contributed by atoms with E-state index in [9.17, 15) is 27.9 Å². The second-order valence-electron chi connectivity index (χ2n) is 11.8. The van der Waals surface area contributed by atoms with Crippen LogP contribution in [0.25, 0.3) is 0 Å². The zero-order valence-electron chi connectivity index (χ0n) is 27.5. The smallest absolute Gasteiger partial charge is 0.407 e. The lowest BCUT2D eigenvalue weighted by molar-refractivity contribution is -0.118. The van der Waals surface area contributed by atoms with Gasteiger partial charge < -0.3 is 25.2 Å². The molecule has 4 aromatic carbocycles. The quantitative estimate of drug-likeness (QED) is 0.154. The van der Waals surface area contributed by atoms with Crippen molar-refractivity contribution in [3.63, 3.8) is 0 Å². The van der Waals surface area contributed by atoms with E-state index in [-0.39, 0.29) is 24.6 Å². The molecule has 0 aromatic heterocycles. The monoisotopic (exact) mass is 700 g/mol. The van der Waals surface area contributed by atoms with Crippen molar-refractivity contribution in [2.45, 2.75) is 41.8 Å². The van der Waals surface area contributed by atoms with Crippen LogP contribution in [0.2, 0.25) is 0 Å². The third-order valence-electron chi connectivity index (χ3n) is 8.58. The molecule has 3 amide bonds. The highest BCUT2D eigenvalue weighted by Gasteiger charge is 2.35. The van der Waals surface area contributed by atoms with Crippen molar-refractivity contribution >= 4 is 33.8 Å². The predicted molar refractivity (Wildman–Crippen MR) is 187 cm³/mol. The molecule has 1 saturated heterocycles. The van der Waals surface area contributed by atoms with Crippen molar-refractivity contribution in [3.8, 4) is 0 Å². The minimum Gasteiger partial charge on any atom is -0.465 e. The van der Waals surface area contributed by atoms with Crippen molar-refractivity contribution in [3.05, 3.63) is 132 Å². The number of hydrogen-bond donors (Lipinski definition) is 4. The topological polar surface area (TPSA) is 163 Å². The number of rotatable bonds is 13. The highest BCUT2D eigenvalue weighted by atomic mass is 32.2. The fourth-order valence-electron chi connectivity index (χ4n) is 6.00. The van der Waals surface area contributed by atoms with Gasteiger partial charge >= 0.3 is 12.2 Å². The van der Waals surface area contributed by atoms with Crippen LogP contribution in [0, 0.1) is 0 Å². The number of nitrogens with zero attached hydrogens (tertiary/aromatic N) is 1. The average molecular weight is 701 g/mol. The van der Waals surface area contributed by atoms with Gasteiger partial charge in [-0.15, -0.1) is 0 Å². The number of morpholine rings is 1. The highest BCUT2D eigenvalue weighted by Crippen LogP contribution is 2.30. The van der Waals surface area contributed by atoms with Crippen LogP contribution in [0.1, 0.15) is 29.0 Å². The summed E-state index contributed by atoms with van der Waals surface area (Å²) >= 11 is 0. The molecule has 3 atom stereocenters. The number of carbonyl (C=O) groups is 3. The van der Waals surface area contributed by atoms with E-state index in [0.29, 0.717) is 18.5 Å². The van der Waals surface area contributed by atoms with E-state index in [1.165, 1.54) is 24.1 Å². The Morgan fingerprint density at radius 2 is 1.46 bits per heavy atom. The number of para-hydroxylation sites is 1. The van der Waals surface area contributed by atoms with Gasteiger partial charge in [0.15, 0.2) is 0 Å². The lowest BCUT2D eigenvalue weighted by Gasteiger charge is -2.38. The van der Waals surface area contributed by atoms with E-state index in [0.717, 1.165) is 16.7 Å². The van der Waals surface area contributed by atoms with Gasteiger partial charge in [-0.3, -0.25) is 9.69 Å². The molecule has 0 radical (unpaired) electrons. The number of carboxylic acid groups (broad SMARTS) is 1. The van der Waals surface area contributed by atoms with Gasteiger partial charge in [0.25, 0.3) is 0 Å². The van der Waals surface area contributed by atoms with Gasteiger partial charge in [-0.05, 0) is 47.7 Å². The maximum atomic E-state index is 14.1. The lowest BCUT2D eigenvalue weighted by Crippen LogP contribution is -2.55. The molecule has 5 rings (SSSR count). The Morgan fingerprint density at radius 3 is 2.06 bits per heavy atom. The molecule has 12 nitrogen and oxygen atoms in total. The standard InChI is InChI=1S/C37H40N4O8S/c1-48-36(43)40-34(33(27-14-5-2-6-15-27)28-16-7-3-8-17-28)35(42)39-32-20-12-11-13-26(32)21-22-30-24-41(37(44)45)29(25-49-30)23-38-50(46,47)31-18-9-4-10-19-31/h2-20,29-30,33-34,38H,21-25H2,1H3,(H,39,42)(H,40,43)(H,44,45)/t29-,30-,34+/m1/s1. The number of nitrogens with one attached hydrogen (secondary N) is 3. The van der Waals surface area contributed by atoms with E-state index < -0.39 is 52.2 Å². The molecule has 0 aliphatic carbocycles. The molecule has 0 saturated carbocycles. The SMILES string of the molecule is COC(=O)N[C@H](C(=O)Nc1ccccc1CC[C@@H]1CN(C(=O)O)[C@H](CNS(=O)(=O)c2ccccc2)CO1)C(c1ccccc1)c1ccccc1. The number of amides is 3. The van der Waals surface area contributed by atoms with Gasteiger partial charge in [-0.25, -0.2) is 22.7 Å². The molecular formula is C37H40N4O8S. The Morgan fingerprint density at radius 1 is 0.880 bits per heavy atom. The summed E-state index contributed by atoms with van der Waals surface area (Å²) in [6, 6.07) is 32.2. The number of anilines is 1. The predicted octanol–water partition coefficient (Wildman–Crippen LogP) is 4.84. The van der Waals surface area contributed by atoms with E-state index >= 15 is 0 Å². The summed E-state index contributed by atoms with van der Waals surface area (Å²) in [4.78, 5) is 40.1. The van der Waals surface area contributed by atoms with Gasteiger partial charge in [0.2, 0.25) is 15.9 Å². The molecule has 0 spiro atoms. The van der Waals surface area contributed by atoms with Crippen molar-refractivity contribution in [2.24, 2.45) is 0 Å². The molecule has 1 aliphatic heterocycles. The fraction of sp³-hybridized carbons (Fsp3) is 0.270. The number of carbonyl (C=O) groups excluding carboxylic acids is 2. The zero-order chi connectivity index (χ0) is 35.5. The molecule has 0 bridgehead atoms. The van der Waals surface area contributed by atoms with Crippen molar-refractivity contribution in [1.82, 2.24) is 14.9 Å². The number of sulfonamides is 1. The van der Waals surface area contributed by atoms with Crippen molar-refractivity contribution < 1.29 is 37.4 Å². The average Bonchev–Trinajstić information content (AvgIpc) is 3.14. The first kappa shape index (κ1) is 36.1. The Hall–Kier alpha value is -5.24. The van der Waals surface area contributed by atoms with Gasteiger partial charge in [0.05, 0.1) is 37.3 Å². The second kappa shape index (κ2) is 16.9. The summed E-state index contributed by atoms with van der Waals surface area (Å²) in [6.45, 7) is -0.0880. The van der Waals surface area contributed by atoms with Crippen molar-refractivity contribution in [1.29, 1.82) is 0 Å². The van der Waals surface area contributed by atoms with E-state index in [1.807, 2.05) is 72.8 Å². The third-order valence-corrected chi connectivity index (χ3v) is 10.0. The minimum atomic E-state index is -3.82. The molecule has 1 heterocycles. The van der Waals surface area contributed by atoms with Crippen LogP contribution in [0.15, 0.2) is 120 Å². The summed E-state index contributed by atoms with van der Waals surface area (Å²) in [6.07, 6.45) is -1.52. The van der Waals surface area contributed by atoms with Gasteiger partial charge in [0.1, 0.15) is 6.04 Å². The van der Waals surface area contributed by atoms with E-state index in [4.69, 9.17) is 9.47 Å². The molecule has 13 heteroatoms. The molecule has 1 aliphatic rings. The summed E-state index contributed by atoms with van der Waals surface area (Å²) in [5.41, 5.74) is 2.98. The lowest BCUT2D eigenvalue weighted by atomic mass is 9.84. The molecule has 4 N–H and O–H groups in total. The van der Waals surface area contributed by atoms with Crippen LogP contribution in [-0.2, 0) is 30.7 Å². The van der Waals surface area contributed by atoms with Crippen LogP contribution in [0.3, 0.4) is 0 Å². The number of aryl methyl sites for hydroxylation is 1. The molecule has 0 unspecified atom stereocenters. The van der Waals surface area contributed by atoms with Crippen LogP contribution in [0.5, 0.6) is 0 Å². The van der Waals surface area contributed by atoms with Gasteiger partial charge in [-0.2, -0.15) is 0 Å². The minimum absolute atomic E-state index is 0.00783. The van der Waals surface area contributed by atoms with Crippen LogP contribution in [0.4, 0.5) is 15.3 Å². The number of hydrogen-bond acceptors (Lipinski definition) is 7. The summed E-state index contributed by atoms with van der Waals surface area (Å²) in [5, 5.41) is 15.7. The second-order valence-corrected chi connectivity index (χ2v) is 13.6. The molecule has 1 fully saturated rings. The van der Waals surface area contributed by atoms with Crippen LogP contribution < -0.4 is 15.4 Å². The van der Waals surface area contributed by atoms with Crippen molar-refractivity contribution in [2.75, 3.05) is 32.1 Å². The first-order chi connectivity index (χ1) is 24.2. The summed E-state index contributed by atoms with van der Waals surface area (Å²) < 4.78 is 38.8. The summed E-state index contributed by atoms with van der Waals surface area (Å²) in [5.74, 6) is -0.987. The van der Waals surface area contributed by atoms with Crippen LogP contribution in [-0.4, -0.2) is 81.5 Å².